The molecular weight excluding hydrogens is 458 g/mol. The Kier molecular flexibility index (Phi) is 6.55. The highest BCUT2D eigenvalue weighted by Gasteiger charge is 2.21. The smallest absolute Gasteiger partial charge is 0.325 e. The number of methoxy groups -OCH3 is 1. The van der Waals surface area contributed by atoms with E-state index < -0.39 is 31.9 Å². The van der Waals surface area contributed by atoms with E-state index in [-0.39, 0.29) is 27.5 Å². The summed E-state index contributed by atoms with van der Waals surface area (Å²) in [5, 5.41) is 10.5. The average molecular weight is 478 g/mol. The van der Waals surface area contributed by atoms with Gasteiger partial charge in [-0.3, -0.25) is 19.7 Å². The van der Waals surface area contributed by atoms with E-state index in [1.54, 1.807) is 13.8 Å². The van der Waals surface area contributed by atoms with Crippen molar-refractivity contribution in [3.63, 3.8) is 0 Å². The Morgan fingerprint density at radius 1 is 1.22 bits per heavy atom. The Balaban J connectivity index is 2.15. The molecule has 2 aromatic carbocycles. The van der Waals surface area contributed by atoms with E-state index in [9.17, 15) is 28.1 Å². The van der Waals surface area contributed by atoms with Crippen LogP contribution < -0.4 is 4.80 Å². The topological polar surface area (TPSA) is 138 Å². The third kappa shape index (κ3) is 4.60. The molecule has 0 spiro atoms. The number of hydrogen-bond donors (Lipinski definition) is 0. The standard InChI is InChI=1S/C20H19N3O7S2/c1-12(2)32(28,29)15-6-4-5-13(9-15)19(25)21-20-22(11-18(24)30-3)16-10-14(23(26)27)7-8-17(16)31-20/h4-10,12H,11H2,1-3H3. The number of amides is 1. The van der Waals surface area contributed by atoms with Crippen molar-refractivity contribution in [2.24, 2.45) is 4.99 Å². The molecule has 0 unspecified atom stereocenters. The van der Waals surface area contributed by atoms with Crippen molar-refractivity contribution in [3.05, 3.63) is 62.9 Å². The van der Waals surface area contributed by atoms with Gasteiger partial charge in [-0.05, 0) is 38.1 Å². The van der Waals surface area contributed by atoms with Crippen molar-refractivity contribution in [1.82, 2.24) is 4.57 Å². The number of nitrogens with zero attached hydrogens (tertiary/aromatic N) is 3. The average Bonchev–Trinajstić information content (AvgIpc) is 3.09. The summed E-state index contributed by atoms with van der Waals surface area (Å²) >= 11 is 1.06. The Morgan fingerprint density at radius 3 is 2.56 bits per heavy atom. The number of thiazole rings is 1. The summed E-state index contributed by atoms with van der Waals surface area (Å²) in [5.74, 6) is -1.35. The molecule has 0 saturated heterocycles. The number of nitro groups is 1. The highest BCUT2D eigenvalue weighted by molar-refractivity contribution is 7.92. The lowest BCUT2D eigenvalue weighted by Gasteiger charge is -2.08. The molecular formula is C20H19N3O7S2. The molecule has 0 saturated carbocycles. The molecule has 0 aliphatic carbocycles. The number of aromatic nitrogens is 1. The number of fused-ring (bicyclic) bond motifs is 1. The first-order chi connectivity index (χ1) is 15.0. The second-order valence-electron chi connectivity index (χ2n) is 6.99. The number of ether oxygens (including phenoxy) is 1. The maximum absolute atomic E-state index is 12.8. The predicted octanol–water partition coefficient (Wildman–Crippen LogP) is 2.71. The molecule has 168 valence electrons. The van der Waals surface area contributed by atoms with Crippen LogP contribution in [0.4, 0.5) is 5.69 Å². The van der Waals surface area contributed by atoms with Crippen molar-refractivity contribution in [3.8, 4) is 0 Å². The molecule has 0 bridgehead atoms. The Hall–Kier alpha value is -3.38. The van der Waals surface area contributed by atoms with Crippen molar-refractivity contribution in [2.75, 3.05) is 7.11 Å². The van der Waals surface area contributed by atoms with Gasteiger partial charge in [0, 0.05) is 17.7 Å². The van der Waals surface area contributed by atoms with Gasteiger partial charge in [-0.2, -0.15) is 4.99 Å². The van der Waals surface area contributed by atoms with Crippen molar-refractivity contribution >= 4 is 49.0 Å². The quantitative estimate of drug-likeness (QED) is 0.302. The van der Waals surface area contributed by atoms with Gasteiger partial charge in [0.05, 0.1) is 32.4 Å². The second kappa shape index (κ2) is 9.01. The van der Waals surface area contributed by atoms with Crippen LogP contribution in [0, 0.1) is 10.1 Å². The zero-order valence-corrected chi connectivity index (χ0v) is 19.0. The molecule has 0 fully saturated rings. The maximum Gasteiger partial charge on any atom is 0.325 e. The van der Waals surface area contributed by atoms with E-state index in [1.165, 1.54) is 54.1 Å². The van der Waals surface area contributed by atoms with Crippen LogP contribution in [0.5, 0.6) is 0 Å². The zero-order valence-electron chi connectivity index (χ0n) is 17.3. The molecule has 12 heteroatoms. The minimum Gasteiger partial charge on any atom is -0.468 e. The summed E-state index contributed by atoms with van der Waals surface area (Å²) in [7, 11) is -2.39. The lowest BCUT2D eigenvalue weighted by Crippen LogP contribution is -2.22. The number of nitro benzene ring substituents is 1. The van der Waals surface area contributed by atoms with E-state index in [0.29, 0.717) is 10.2 Å². The van der Waals surface area contributed by atoms with Crippen LogP contribution in [-0.4, -0.2) is 42.1 Å². The molecule has 3 aromatic rings. The lowest BCUT2D eigenvalue weighted by atomic mass is 10.2. The highest BCUT2D eigenvalue weighted by Crippen LogP contribution is 2.23. The number of carbonyl (C=O) groups excluding carboxylic acids is 2. The molecule has 3 rings (SSSR count). The lowest BCUT2D eigenvalue weighted by molar-refractivity contribution is -0.384. The number of benzene rings is 2. The van der Waals surface area contributed by atoms with Gasteiger partial charge in [-0.25, -0.2) is 8.42 Å². The third-order valence-corrected chi connectivity index (χ3v) is 7.83. The van der Waals surface area contributed by atoms with Crippen LogP contribution in [0.1, 0.15) is 24.2 Å². The van der Waals surface area contributed by atoms with Crippen LogP contribution in [-0.2, 0) is 25.9 Å². The molecule has 0 aliphatic heterocycles. The summed E-state index contributed by atoms with van der Waals surface area (Å²) in [4.78, 5) is 39.5. The molecule has 1 amide bonds. The van der Waals surface area contributed by atoms with Crippen LogP contribution >= 0.6 is 11.3 Å². The fourth-order valence-electron chi connectivity index (χ4n) is 2.83. The first kappa shape index (κ1) is 23.3. The SMILES string of the molecule is COC(=O)Cn1c(=NC(=O)c2cccc(S(=O)(=O)C(C)C)c2)sc2ccc([N+](=O)[O-])cc21. The van der Waals surface area contributed by atoms with Gasteiger partial charge in [0.2, 0.25) is 0 Å². The fraction of sp³-hybridized carbons (Fsp3) is 0.250. The number of esters is 1. The molecule has 1 heterocycles. The number of sulfone groups is 1. The monoisotopic (exact) mass is 477 g/mol. The second-order valence-corrected chi connectivity index (χ2v) is 10.5. The summed E-state index contributed by atoms with van der Waals surface area (Å²) < 4.78 is 31.5. The van der Waals surface area contributed by atoms with Gasteiger partial charge in [0.1, 0.15) is 6.54 Å². The van der Waals surface area contributed by atoms with E-state index >= 15 is 0 Å². The molecule has 32 heavy (non-hydrogen) atoms. The normalized spacial score (nSPS) is 12.3. The number of carbonyl (C=O) groups is 2. The Bertz CT molecular complexity index is 1400. The maximum atomic E-state index is 12.8. The van der Waals surface area contributed by atoms with Crippen molar-refractivity contribution < 1.29 is 27.7 Å². The van der Waals surface area contributed by atoms with Crippen molar-refractivity contribution in [1.29, 1.82) is 0 Å². The van der Waals surface area contributed by atoms with E-state index in [0.717, 1.165) is 11.3 Å². The Labute approximate surface area is 186 Å². The molecule has 1 aromatic heterocycles. The summed E-state index contributed by atoms with van der Waals surface area (Å²) in [6.45, 7) is 2.77. The fourth-order valence-corrected chi connectivity index (χ4v) is 4.94. The summed E-state index contributed by atoms with van der Waals surface area (Å²) in [6, 6.07) is 9.65. The van der Waals surface area contributed by atoms with Crippen LogP contribution in [0.25, 0.3) is 10.2 Å². The number of rotatable bonds is 6. The molecule has 0 radical (unpaired) electrons. The van der Waals surface area contributed by atoms with Gasteiger partial charge in [0.15, 0.2) is 14.6 Å². The highest BCUT2D eigenvalue weighted by atomic mass is 32.2. The number of non-ortho nitro benzene ring substituents is 1. The van der Waals surface area contributed by atoms with E-state index in [2.05, 4.69) is 9.73 Å². The minimum absolute atomic E-state index is 0.00273. The van der Waals surface area contributed by atoms with Crippen LogP contribution in [0.3, 0.4) is 0 Å². The van der Waals surface area contributed by atoms with E-state index in [1.807, 2.05) is 0 Å². The van der Waals surface area contributed by atoms with Crippen LogP contribution in [0.15, 0.2) is 52.4 Å². The Morgan fingerprint density at radius 2 is 1.94 bits per heavy atom. The van der Waals surface area contributed by atoms with Crippen LogP contribution in [0.2, 0.25) is 0 Å². The zero-order chi connectivity index (χ0) is 23.6. The van der Waals surface area contributed by atoms with E-state index in [4.69, 9.17) is 0 Å². The van der Waals surface area contributed by atoms with Gasteiger partial charge < -0.3 is 9.30 Å². The number of hydrogen-bond acceptors (Lipinski definition) is 8. The van der Waals surface area contributed by atoms with Gasteiger partial charge >= 0.3 is 5.97 Å². The molecule has 10 nitrogen and oxygen atoms in total. The van der Waals surface area contributed by atoms with Crippen molar-refractivity contribution in [2.45, 2.75) is 30.5 Å². The third-order valence-electron chi connectivity index (χ3n) is 4.62. The first-order valence-electron chi connectivity index (χ1n) is 9.32. The predicted molar refractivity (Wildman–Crippen MR) is 117 cm³/mol. The molecule has 0 aliphatic rings. The minimum atomic E-state index is -3.59. The van der Waals surface area contributed by atoms with Gasteiger partial charge in [0.25, 0.3) is 11.6 Å². The first-order valence-corrected chi connectivity index (χ1v) is 11.7. The summed E-state index contributed by atoms with van der Waals surface area (Å²) in [6.07, 6.45) is 0. The largest absolute Gasteiger partial charge is 0.468 e. The van der Waals surface area contributed by atoms with Gasteiger partial charge in [-0.1, -0.05) is 17.4 Å². The summed E-state index contributed by atoms with van der Waals surface area (Å²) in [5.41, 5.74) is 0.218. The molecule has 0 N–H and O–H groups in total. The van der Waals surface area contributed by atoms with Gasteiger partial charge in [-0.15, -0.1) is 0 Å². The molecule has 0 atom stereocenters.